The molecule has 0 aliphatic heterocycles. The molecule has 1 heterocycles. The molecule has 1 rings (SSSR count). The molecule has 0 saturated heterocycles. The lowest BCUT2D eigenvalue weighted by Gasteiger charge is -1.93. The lowest BCUT2D eigenvalue weighted by molar-refractivity contribution is 0.379. The van der Waals surface area contributed by atoms with Gasteiger partial charge in [-0.05, 0) is 6.07 Å². The first-order valence-electron chi connectivity index (χ1n) is 2.64. The smallest absolute Gasteiger partial charge is 0.317 e. The molecule has 4 nitrogen and oxygen atoms in total. The maximum atomic E-state index is 8.36. The summed E-state index contributed by atoms with van der Waals surface area (Å²) >= 11 is 0. The second-order valence-corrected chi connectivity index (χ2v) is 1.54. The molecule has 0 bridgehead atoms. The highest BCUT2D eigenvalue weighted by Crippen LogP contribution is 1.99. The van der Waals surface area contributed by atoms with Crippen molar-refractivity contribution >= 4 is 0 Å². The second-order valence-electron chi connectivity index (χ2n) is 1.54. The quantitative estimate of drug-likeness (QED) is 0.557. The molecule has 0 radical (unpaired) electrons. The minimum atomic E-state index is 0.221. The van der Waals surface area contributed by atoms with Gasteiger partial charge in [-0.3, -0.25) is 0 Å². The molecule has 0 spiro atoms. The van der Waals surface area contributed by atoms with E-state index in [4.69, 9.17) is 5.26 Å². The van der Waals surface area contributed by atoms with Gasteiger partial charge in [0.25, 0.3) is 0 Å². The van der Waals surface area contributed by atoms with Crippen LogP contribution in [0, 0.1) is 11.3 Å². The van der Waals surface area contributed by atoms with Crippen molar-refractivity contribution in [3.05, 3.63) is 18.0 Å². The van der Waals surface area contributed by atoms with Crippen LogP contribution in [0.2, 0.25) is 0 Å². The molecule has 1 aromatic heterocycles. The summed E-state index contributed by atoms with van der Waals surface area (Å²) in [5.74, 6) is 0. The number of hydrogen-bond donors (Lipinski definition) is 0. The minimum absolute atomic E-state index is 0.221. The maximum Gasteiger partial charge on any atom is 0.317 e. The summed E-state index contributed by atoms with van der Waals surface area (Å²) in [5.41, 5.74) is 0.312. The van der Waals surface area contributed by atoms with E-state index in [1.807, 2.05) is 6.07 Å². The Kier molecular flexibility index (Phi) is 1.80. The summed E-state index contributed by atoms with van der Waals surface area (Å²) < 4.78 is 4.68. The molecular formula is C6H5N3O. The zero-order valence-corrected chi connectivity index (χ0v) is 5.40. The molecule has 0 fully saturated rings. The van der Waals surface area contributed by atoms with E-state index in [2.05, 4.69) is 14.7 Å². The molecule has 0 N–H and O–H groups in total. The van der Waals surface area contributed by atoms with Gasteiger partial charge in [0, 0.05) is 6.20 Å². The van der Waals surface area contributed by atoms with Crippen molar-refractivity contribution in [3.8, 4) is 12.1 Å². The lowest BCUT2D eigenvalue weighted by Crippen LogP contribution is -1.92. The Balaban J connectivity index is 3.01. The first-order chi connectivity index (χ1) is 4.86. The molecule has 1 aromatic rings. The SMILES string of the molecule is COc1nccc(C#N)n1. The Morgan fingerprint density at radius 2 is 2.50 bits per heavy atom. The number of nitriles is 1. The molecule has 10 heavy (non-hydrogen) atoms. The van der Waals surface area contributed by atoms with Gasteiger partial charge in [0.1, 0.15) is 11.8 Å². The molecule has 0 unspecified atom stereocenters. The lowest BCUT2D eigenvalue weighted by atomic mass is 10.4. The number of hydrogen-bond acceptors (Lipinski definition) is 4. The standard InChI is InChI=1S/C6H5N3O/c1-10-6-8-3-2-5(4-7)9-6/h2-3H,1H3. The van der Waals surface area contributed by atoms with Crippen molar-refractivity contribution < 1.29 is 4.74 Å². The van der Waals surface area contributed by atoms with Gasteiger partial charge < -0.3 is 4.74 Å². The number of methoxy groups -OCH3 is 1. The Morgan fingerprint density at radius 1 is 1.70 bits per heavy atom. The highest BCUT2D eigenvalue weighted by Gasteiger charge is 1.94. The zero-order valence-electron chi connectivity index (χ0n) is 5.40. The van der Waals surface area contributed by atoms with Gasteiger partial charge in [0.2, 0.25) is 0 Å². The summed E-state index contributed by atoms with van der Waals surface area (Å²) in [5, 5.41) is 8.36. The topological polar surface area (TPSA) is 58.8 Å². The van der Waals surface area contributed by atoms with Crippen LogP contribution in [0.3, 0.4) is 0 Å². The van der Waals surface area contributed by atoms with Crippen LogP contribution in [0.5, 0.6) is 6.01 Å². The third-order valence-electron chi connectivity index (χ3n) is 0.931. The van der Waals surface area contributed by atoms with Gasteiger partial charge in [0.05, 0.1) is 7.11 Å². The van der Waals surface area contributed by atoms with E-state index in [0.717, 1.165) is 0 Å². The summed E-state index contributed by atoms with van der Waals surface area (Å²) in [6, 6.07) is 3.61. The molecule has 0 aromatic carbocycles. The molecule has 0 aliphatic rings. The van der Waals surface area contributed by atoms with Crippen molar-refractivity contribution in [2.75, 3.05) is 7.11 Å². The fourth-order valence-electron chi connectivity index (χ4n) is 0.501. The predicted octanol–water partition coefficient (Wildman–Crippen LogP) is 0.357. The Bertz CT molecular complexity index is 266. The van der Waals surface area contributed by atoms with Crippen molar-refractivity contribution in [2.45, 2.75) is 0 Å². The molecule has 0 saturated carbocycles. The van der Waals surface area contributed by atoms with Crippen molar-refractivity contribution in [1.82, 2.24) is 9.97 Å². The first kappa shape index (κ1) is 6.49. The van der Waals surface area contributed by atoms with E-state index < -0.39 is 0 Å². The van der Waals surface area contributed by atoms with Gasteiger partial charge in [-0.2, -0.15) is 10.2 Å². The average Bonchev–Trinajstić information content (AvgIpc) is 2.05. The summed E-state index contributed by atoms with van der Waals surface area (Å²) in [6.45, 7) is 0. The number of ether oxygens (including phenoxy) is 1. The second kappa shape index (κ2) is 2.78. The molecule has 4 heteroatoms. The van der Waals surface area contributed by atoms with E-state index in [1.165, 1.54) is 19.4 Å². The normalized spacial score (nSPS) is 8.40. The highest BCUT2D eigenvalue weighted by molar-refractivity contribution is 5.19. The minimum Gasteiger partial charge on any atom is -0.467 e. The van der Waals surface area contributed by atoms with Gasteiger partial charge >= 0.3 is 6.01 Å². The monoisotopic (exact) mass is 135 g/mol. The van der Waals surface area contributed by atoms with Crippen LogP contribution in [0.1, 0.15) is 5.69 Å². The van der Waals surface area contributed by atoms with Crippen molar-refractivity contribution in [2.24, 2.45) is 0 Å². The van der Waals surface area contributed by atoms with Crippen LogP contribution < -0.4 is 4.74 Å². The number of aromatic nitrogens is 2. The zero-order chi connectivity index (χ0) is 7.40. The number of rotatable bonds is 1. The van der Waals surface area contributed by atoms with E-state index in [0.29, 0.717) is 5.69 Å². The third-order valence-corrected chi connectivity index (χ3v) is 0.931. The van der Waals surface area contributed by atoms with Gasteiger partial charge in [-0.1, -0.05) is 0 Å². The van der Waals surface area contributed by atoms with Crippen LogP contribution in [-0.2, 0) is 0 Å². The average molecular weight is 135 g/mol. The Labute approximate surface area is 58.1 Å². The predicted molar refractivity (Wildman–Crippen MR) is 33.3 cm³/mol. The fraction of sp³-hybridized carbons (Fsp3) is 0.167. The van der Waals surface area contributed by atoms with Crippen molar-refractivity contribution in [3.63, 3.8) is 0 Å². The largest absolute Gasteiger partial charge is 0.467 e. The summed E-state index contributed by atoms with van der Waals surface area (Å²) in [7, 11) is 1.45. The van der Waals surface area contributed by atoms with Crippen LogP contribution in [0.4, 0.5) is 0 Å². The van der Waals surface area contributed by atoms with Gasteiger partial charge in [-0.15, -0.1) is 0 Å². The van der Waals surface area contributed by atoms with E-state index in [9.17, 15) is 0 Å². The molecule has 0 amide bonds. The third kappa shape index (κ3) is 1.20. The maximum absolute atomic E-state index is 8.36. The summed E-state index contributed by atoms with van der Waals surface area (Å²) in [4.78, 5) is 7.44. The Hall–Kier alpha value is -1.63. The van der Waals surface area contributed by atoms with Crippen LogP contribution in [0.15, 0.2) is 12.3 Å². The number of nitrogens with zero attached hydrogens (tertiary/aromatic N) is 3. The highest BCUT2D eigenvalue weighted by atomic mass is 16.5. The van der Waals surface area contributed by atoms with Gasteiger partial charge in [-0.25, -0.2) is 4.98 Å². The molecule has 0 aliphatic carbocycles. The first-order valence-corrected chi connectivity index (χ1v) is 2.64. The molecular weight excluding hydrogens is 130 g/mol. The van der Waals surface area contributed by atoms with E-state index in [1.54, 1.807) is 0 Å². The van der Waals surface area contributed by atoms with Crippen LogP contribution >= 0.6 is 0 Å². The van der Waals surface area contributed by atoms with Gasteiger partial charge in [0.15, 0.2) is 0 Å². The van der Waals surface area contributed by atoms with Crippen LogP contribution in [-0.4, -0.2) is 17.1 Å². The van der Waals surface area contributed by atoms with Crippen molar-refractivity contribution in [1.29, 1.82) is 5.26 Å². The van der Waals surface area contributed by atoms with E-state index >= 15 is 0 Å². The van der Waals surface area contributed by atoms with E-state index in [-0.39, 0.29) is 6.01 Å². The summed E-state index contributed by atoms with van der Waals surface area (Å²) in [6.07, 6.45) is 1.48. The van der Waals surface area contributed by atoms with Crippen LogP contribution in [0.25, 0.3) is 0 Å². The molecule has 50 valence electrons. The Morgan fingerprint density at radius 3 is 3.10 bits per heavy atom. The fourth-order valence-corrected chi connectivity index (χ4v) is 0.501. The molecule has 0 atom stereocenters.